The molecular weight excluding hydrogens is 261 g/mol. The van der Waals surface area contributed by atoms with Gasteiger partial charge in [0.25, 0.3) is 5.69 Å². The smallest absolute Gasteiger partial charge is 0.307 e. The first-order valence-corrected chi connectivity index (χ1v) is 5.76. The number of nitro benzene ring substituents is 1. The van der Waals surface area contributed by atoms with E-state index in [0.717, 1.165) is 0 Å². The minimum absolute atomic E-state index is 0.0744. The van der Waals surface area contributed by atoms with Crippen LogP contribution < -0.4 is 5.32 Å². The normalized spacial score (nSPS) is 15.0. The third-order valence-corrected chi connectivity index (χ3v) is 2.65. The van der Waals surface area contributed by atoms with E-state index >= 15 is 0 Å². The van der Waals surface area contributed by atoms with Crippen LogP contribution in [0.5, 0.6) is 0 Å². The number of hydrogen-bond donors (Lipinski definition) is 1. The Morgan fingerprint density at radius 1 is 1.37 bits per heavy atom. The molecule has 0 saturated carbocycles. The van der Waals surface area contributed by atoms with Crippen LogP contribution in [0.1, 0.15) is 31.9 Å². The third-order valence-electron chi connectivity index (χ3n) is 2.65. The van der Waals surface area contributed by atoms with Gasteiger partial charge in [-0.05, 0) is 19.4 Å². The summed E-state index contributed by atoms with van der Waals surface area (Å²) in [7, 11) is 0. The Labute approximate surface area is 108 Å². The quantitative estimate of drug-likeness (QED) is 0.660. The van der Waals surface area contributed by atoms with Gasteiger partial charge in [0.05, 0.1) is 11.3 Å². The predicted molar refractivity (Wildman–Crippen MR) is 64.8 cm³/mol. The summed E-state index contributed by atoms with van der Waals surface area (Å²) in [4.78, 5) is 10.1. The number of nitrogens with zero attached hydrogens (tertiary/aromatic N) is 1. The molecule has 1 aromatic rings. The molecule has 0 saturated heterocycles. The molecule has 0 amide bonds. The van der Waals surface area contributed by atoms with E-state index in [9.17, 15) is 23.3 Å². The van der Waals surface area contributed by atoms with Gasteiger partial charge in [-0.25, -0.2) is 0 Å². The van der Waals surface area contributed by atoms with Crippen LogP contribution in [0.25, 0.3) is 0 Å². The lowest BCUT2D eigenvalue weighted by Crippen LogP contribution is -2.33. The maximum atomic E-state index is 12.2. The fourth-order valence-corrected chi connectivity index (χ4v) is 1.84. The summed E-state index contributed by atoms with van der Waals surface area (Å²) < 4.78 is 36.6. The van der Waals surface area contributed by atoms with Crippen LogP contribution in [0.2, 0.25) is 0 Å². The average Bonchev–Trinajstić information content (AvgIpc) is 2.26. The number of halogens is 3. The second-order valence-electron chi connectivity index (χ2n) is 4.46. The molecular formula is C12H15F3N2O2. The first kappa shape index (κ1) is 15.4. The van der Waals surface area contributed by atoms with E-state index in [4.69, 9.17) is 0 Å². The zero-order valence-corrected chi connectivity index (χ0v) is 10.6. The molecule has 0 fully saturated rings. The van der Waals surface area contributed by atoms with Crippen molar-refractivity contribution in [3.63, 3.8) is 0 Å². The van der Waals surface area contributed by atoms with Gasteiger partial charge in [0.2, 0.25) is 0 Å². The summed E-state index contributed by atoms with van der Waals surface area (Å²) in [6.45, 7) is 3.10. The van der Waals surface area contributed by atoms with Crippen molar-refractivity contribution in [2.45, 2.75) is 38.5 Å². The summed E-state index contributed by atoms with van der Waals surface area (Å²) in [5, 5.41) is 13.4. The van der Waals surface area contributed by atoms with Crippen molar-refractivity contribution < 1.29 is 18.1 Å². The van der Waals surface area contributed by atoms with Crippen LogP contribution >= 0.6 is 0 Å². The maximum Gasteiger partial charge on any atom is 0.390 e. The summed E-state index contributed by atoms with van der Waals surface area (Å²) >= 11 is 0. The molecule has 1 N–H and O–H groups in total. The van der Waals surface area contributed by atoms with Gasteiger partial charge in [-0.3, -0.25) is 10.1 Å². The summed E-state index contributed by atoms with van der Waals surface area (Å²) in [5.74, 6) is 0. The van der Waals surface area contributed by atoms with Crippen LogP contribution in [0, 0.1) is 10.1 Å². The van der Waals surface area contributed by atoms with Crippen molar-refractivity contribution in [3.05, 3.63) is 39.9 Å². The van der Waals surface area contributed by atoms with Gasteiger partial charge in [0.15, 0.2) is 0 Å². The van der Waals surface area contributed by atoms with Crippen molar-refractivity contribution in [1.29, 1.82) is 0 Å². The molecule has 0 aliphatic rings. The van der Waals surface area contributed by atoms with Crippen molar-refractivity contribution in [2.75, 3.05) is 0 Å². The average molecular weight is 276 g/mol. The van der Waals surface area contributed by atoms with Gasteiger partial charge >= 0.3 is 6.18 Å². The van der Waals surface area contributed by atoms with Crippen LogP contribution in [-0.4, -0.2) is 17.1 Å². The molecule has 2 atom stereocenters. The molecule has 1 rings (SSSR count). The minimum atomic E-state index is -4.23. The first-order valence-electron chi connectivity index (χ1n) is 5.76. The Morgan fingerprint density at radius 3 is 2.53 bits per heavy atom. The Morgan fingerprint density at radius 2 is 2.00 bits per heavy atom. The molecule has 0 radical (unpaired) electrons. The second kappa shape index (κ2) is 6.01. The Hall–Kier alpha value is -1.63. The van der Waals surface area contributed by atoms with Gasteiger partial charge in [0.1, 0.15) is 0 Å². The summed E-state index contributed by atoms with van der Waals surface area (Å²) in [6, 6.07) is 4.71. The number of non-ortho nitro benzene ring substituents is 1. The highest BCUT2D eigenvalue weighted by Crippen LogP contribution is 2.24. The monoisotopic (exact) mass is 276 g/mol. The lowest BCUT2D eigenvalue weighted by Gasteiger charge is -2.21. The fourth-order valence-electron chi connectivity index (χ4n) is 1.84. The zero-order valence-electron chi connectivity index (χ0n) is 10.6. The largest absolute Gasteiger partial charge is 0.390 e. The van der Waals surface area contributed by atoms with Crippen LogP contribution in [0.4, 0.5) is 18.9 Å². The van der Waals surface area contributed by atoms with E-state index < -0.39 is 29.6 Å². The molecule has 19 heavy (non-hydrogen) atoms. The molecule has 0 heterocycles. The minimum Gasteiger partial charge on any atom is -0.307 e. The molecule has 2 unspecified atom stereocenters. The number of nitrogens with one attached hydrogen (secondary N) is 1. The molecule has 0 spiro atoms. The van der Waals surface area contributed by atoms with Crippen LogP contribution in [0.3, 0.4) is 0 Å². The summed E-state index contributed by atoms with van der Waals surface area (Å²) in [5.41, 5.74) is 0.512. The molecule has 1 aromatic carbocycles. The standard InChI is InChI=1S/C12H15F3N2O2/c1-8(7-12(13,14)15)16-9(2)10-4-3-5-11(6-10)17(18)19/h3-6,8-9,16H,7H2,1-2H3. The number of benzene rings is 1. The zero-order chi connectivity index (χ0) is 14.6. The summed E-state index contributed by atoms with van der Waals surface area (Å²) in [6.07, 6.45) is -5.17. The molecule has 0 bridgehead atoms. The van der Waals surface area contributed by atoms with Crippen molar-refractivity contribution in [2.24, 2.45) is 0 Å². The predicted octanol–water partition coefficient (Wildman–Crippen LogP) is 3.59. The highest BCUT2D eigenvalue weighted by molar-refractivity contribution is 5.35. The molecule has 0 aromatic heterocycles. The van der Waals surface area contributed by atoms with E-state index in [2.05, 4.69) is 5.32 Å². The van der Waals surface area contributed by atoms with E-state index in [0.29, 0.717) is 5.56 Å². The fraction of sp³-hybridized carbons (Fsp3) is 0.500. The van der Waals surface area contributed by atoms with E-state index in [1.54, 1.807) is 13.0 Å². The van der Waals surface area contributed by atoms with E-state index in [1.807, 2.05) is 0 Å². The molecule has 0 aliphatic heterocycles. The van der Waals surface area contributed by atoms with Gasteiger partial charge in [-0.1, -0.05) is 12.1 Å². The molecule has 0 aliphatic carbocycles. The molecule has 7 heteroatoms. The van der Waals surface area contributed by atoms with Gasteiger partial charge in [0, 0.05) is 24.2 Å². The van der Waals surface area contributed by atoms with Gasteiger partial charge in [-0.2, -0.15) is 13.2 Å². The maximum absolute atomic E-state index is 12.2. The van der Waals surface area contributed by atoms with E-state index in [-0.39, 0.29) is 5.69 Å². The number of alkyl halides is 3. The van der Waals surface area contributed by atoms with Crippen molar-refractivity contribution in [1.82, 2.24) is 5.32 Å². The van der Waals surface area contributed by atoms with Gasteiger partial charge in [-0.15, -0.1) is 0 Å². The van der Waals surface area contributed by atoms with Crippen molar-refractivity contribution in [3.8, 4) is 0 Å². The van der Waals surface area contributed by atoms with Crippen LogP contribution in [-0.2, 0) is 0 Å². The Bertz CT molecular complexity index is 449. The van der Waals surface area contributed by atoms with Gasteiger partial charge < -0.3 is 5.32 Å². The highest BCUT2D eigenvalue weighted by Gasteiger charge is 2.30. The lowest BCUT2D eigenvalue weighted by molar-refractivity contribution is -0.384. The topological polar surface area (TPSA) is 55.2 Å². The lowest BCUT2D eigenvalue weighted by atomic mass is 10.1. The first-order chi connectivity index (χ1) is 8.69. The molecule has 4 nitrogen and oxygen atoms in total. The SMILES string of the molecule is CC(CC(F)(F)F)NC(C)c1cccc([N+](=O)[O-])c1. The number of nitro groups is 1. The third kappa shape index (κ3) is 5.25. The number of rotatable bonds is 5. The van der Waals surface area contributed by atoms with Crippen molar-refractivity contribution >= 4 is 5.69 Å². The Kier molecular flexibility index (Phi) is 4.88. The highest BCUT2D eigenvalue weighted by atomic mass is 19.4. The number of hydrogen-bond acceptors (Lipinski definition) is 3. The second-order valence-corrected chi connectivity index (χ2v) is 4.46. The van der Waals surface area contributed by atoms with Crippen LogP contribution in [0.15, 0.2) is 24.3 Å². The molecule has 106 valence electrons. The Balaban J connectivity index is 2.70. The van der Waals surface area contributed by atoms with E-state index in [1.165, 1.54) is 25.1 Å².